The zero-order chi connectivity index (χ0) is 38.4. The van der Waals surface area contributed by atoms with Gasteiger partial charge < -0.3 is 0 Å². The maximum atomic E-state index is 6.64. The quantitative estimate of drug-likeness (QED) is 0.136. The molecule has 0 atom stereocenters. The van der Waals surface area contributed by atoms with Crippen LogP contribution in [0.15, 0.2) is 201 Å². The van der Waals surface area contributed by atoms with Crippen LogP contribution in [0.5, 0.6) is 0 Å². The number of hydrogen-bond donors (Lipinski definition) is 0. The fourth-order valence-electron chi connectivity index (χ4n) is 6.21. The number of rotatable bonds is 9. The van der Waals surface area contributed by atoms with Gasteiger partial charge in [0.15, 0.2) is 0 Å². The lowest BCUT2D eigenvalue weighted by Gasteiger charge is -2.20. The molecule has 0 N–H and O–H groups in total. The number of aromatic nitrogens is 2. The summed E-state index contributed by atoms with van der Waals surface area (Å²) in [5.74, 6) is 0. The summed E-state index contributed by atoms with van der Waals surface area (Å²) in [6.45, 7) is 0. The zero-order valence-corrected chi connectivity index (χ0v) is 34.1. The molecule has 8 aromatic rings. The van der Waals surface area contributed by atoms with Gasteiger partial charge in [-0.05, 0) is 58.7 Å². The second-order valence-electron chi connectivity index (χ2n) is 12.6. The average molecular weight is 845 g/mol. The molecule has 0 saturated carbocycles. The molecule has 6 aromatic carbocycles. The maximum absolute atomic E-state index is 6.64. The fourth-order valence-corrected chi connectivity index (χ4v) is 8.55. The second kappa shape index (κ2) is 17.5. The SMILES string of the molecule is Clc1ccc(SN=c2c(-c3ccccc3)cn(-n3cc(-c4ccccc4)c(=NSc4ccc(Cl)cc4Cl)c(-c4ccccc4)c3)cc2-c2ccccc2)c(Cl)c1. The first-order chi connectivity index (χ1) is 27.4. The molecule has 0 aliphatic rings. The van der Waals surface area contributed by atoms with Gasteiger partial charge in [-0.15, -0.1) is 0 Å². The lowest BCUT2D eigenvalue weighted by atomic mass is 10.00. The summed E-state index contributed by atoms with van der Waals surface area (Å²) >= 11 is 28.4. The van der Waals surface area contributed by atoms with Crippen molar-refractivity contribution in [1.29, 1.82) is 0 Å². The fraction of sp³-hybridized carbons (Fsp3) is 0. The van der Waals surface area contributed by atoms with Crippen LogP contribution in [0.25, 0.3) is 44.5 Å². The van der Waals surface area contributed by atoms with Gasteiger partial charge >= 0.3 is 0 Å². The lowest BCUT2D eigenvalue weighted by Crippen LogP contribution is -2.21. The Morgan fingerprint density at radius 3 is 0.911 bits per heavy atom. The first kappa shape index (κ1) is 38.0. The van der Waals surface area contributed by atoms with E-state index < -0.39 is 0 Å². The molecule has 0 spiro atoms. The minimum Gasteiger partial charge on any atom is -0.263 e. The summed E-state index contributed by atoms with van der Waals surface area (Å²) in [7, 11) is 0. The lowest BCUT2D eigenvalue weighted by molar-refractivity contribution is 0.649. The summed E-state index contributed by atoms with van der Waals surface area (Å²) in [5, 5.41) is 3.85. The Balaban J connectivity index is 1.42. The highest BCUT2D eigenvalue weighted by atomic mass is 35.5. The normalized spacial score (nSPS) is 11.0. The van der Waals surface area contributed by atoms with Gasteiger partial charge in [-0.3, -0.25) is 9.35 Å². The van der Waals surface area contributed by atoms with E-state index in [1.165, 1.54) is 23.9 Å². The Kier molecular flexibility index (Phi) is 11.9. The molecule has 2 heterocycles. The highest BCUT2D eigenvalue weighted by Crippen LogP contribution is 2.33. The molecule has 0 radical (unpaired) electrons. The van der Waals surface area contributed by atoms with Crippen LogP contribution < -0.4 is 10.7 Å². The van der Waals surface area contributed by atoms with E-state index in [-0.39, 0.29) is 0 Å². The molecular weight excluding hydrogens is 814 g/mol. The van der Waals surface area contributed by atoms with Crippen molar-refractivity contribution in [3.63, 3.8) is 0 Å². The number of pyridine rings is 2. The van der Waals surface area contributed by atoms with Crippen molar-refractivity contribution in [2.75, 3.05) is 0 Å². The van der Waals surface area contributed by atoms with Crippen LogP contribution in [-0.2, 0) is 0 Å². The predicted octanol–water partition coefficient (Wildman–Crippen LogP) is 14.1. The van der Waals surface area contributed by atoms with Crippen LogP contribution in [0.1, 0.15) is 0 Å². The monoisotopic (exact) mass is 842 g/mol. The Morgan fingerprint density at radius 1 is 0.357 bits per heavy atom. The highest BCUT2D eigenvalue weighted by molar-refractivity contribution is 7.98. The minimum absolute atomic E-state index is 0.541. The van der Waals surface area contributed by atoms with Gasteiger partial charge in [0.25, 0.3) is 0 Å². The molecule has 0 unspecified atom stereocenters. The molecule has 0 bridgehead atoms. The van der Waals surface area contributed by atoms with Crippen LogP contribution in [-0.4, -0.2) is 9.35 Å². The summed E-state index contributed by atoms with van der Waals surface area (Å²) in [5.41, 5.74) is 7.77. The molecule has 2 aromatic heterocycles. The van der Waals surface area contributed by atoms with Crippen molar-refractivity contribution in [2.45, 2.75) is 9.79 Å². The van der Waals surface area contributed by atoms with Crippen molar-refractivity contribution in [2.24, 2.45) is 8.80 Å². The van der Waals surface area contributed by atoms with Crippen molar-refractivity contribution in [3.05, 3.63) is 213 Å². The van der Waals surface area contributed by atoms with Crippen LogP contribution in [0.4, 0.5) is 0 Å². The topological polar surface area (TPSA) is 34.6 Å². The molecular formula is C46H30Cl4N4S2. The van der Waals surface area contributed by atoms with Gasteiger partial charge in [0.2, 0.25) is 0 Å². The largest absolute Gasteiger partial charge is 0.263 e. The molecule has 274 valence electrons. The highest BCUT2D eigenvalue weighted by Gasteiger charge is 2.16. The van der Waals surface area contributed by atoms with Gasteiger partial charge in [-0.2, -0.15) is 0 Å². The van der Waals surface area contributed by atoms with Crippen LogP contribution in [0.3, 0.4) is 0 Å². The van der Waals surface area contributed by atoms with Crippen molar-refractivity contribution in [1.82, 2.24) is 9.35 Å². The molecule has 0 amide bonds. The van der Waals surface area contributed by atoms with Gasteiger partial charge in [0.05, 0.1) is 20.8 Å². The Labute approximate surface area is 353 Å². The minimum atomic E-state index is 0.541. The summed E-state index contributed by atoms with van der Waals surface area (Å²) in [6, 6.07) is 52.1. The predicted molar refractivity (Wildman–Crippen MR) is 237 cm³/mol. The summed E-state index contributed by atoms with van der Waals surface area (Å²) < 4.78 is 14.6. The van der Waals surface area contributed by atoms with E-state index >= 15 is 0 Å². The van der Waals surface area contributed by atoms with Crippen molar-refractivity contribution >= 4 is 70.3 Å². The molecule has 8 rings (SSSR count). The van der Waals surface area contributed by atoms with E-state index in [1.807, 2.05) is 97.1 Å². The van der Waals surface area contributed by atoms with E-state index in [2.05, 4.69) is 82.7 Å². The van der Waals surface area contributed by atoms with Crippen molar-refractivity contribution < 1.29 is 0 Å². The van der Waals surface area contributed by atoms with E-state index in [0.717, 1.165) is 65.0 Å². The van der Waals surface area contributed by atoms with Gasteiger partial charge in [0.1, 0.15) is 0 Å². The number of hydrogen-bond acceptors (Lipinski definition) is 4. The summed E-state index contributed by atoms with van der Waals surface area (Å²) in [6.07, 6.45) is 8.47. The molecule has 10 heteroatoms. The van der Waals surface area contributed by atoms with Crippen LogP contribution in [0, 0.1) is 0 Å². The van der Waals surface area contributed by atoms with Gasteiger partial charge in [-0.25, -0.2) is 8.80 Å². The van der Waals surface area contributed by atoms with E-state index in [9.17, 15) is 0 Å². The number of nitrogens with zero attached hydrogens (tertiary/aromatic N) is 4. The molecule has 0 aliphatic heterocycles. The van der Waals surface area contributed by atoms with E-state index in [4.69, 9.17) is 55.2 Å². The maximum Gasteiger partial charge on any atom is 0.0904 e. The number of benzene rings is 6. The van der Waals surface area contributed by atoms with Crippen LogP contribution in [0.2, 0.25) is 20.1 Å². The summed E-state index contributed by atoms with van der Waals surface area (Å²) in [4.78, 5) is 1.61. The molecule has 0 saturated heterocycles. The molecule has 0 aliphatic carbocycles. The Morgan fingerprint density at radius 2 is 0.643 bits per heavy atom. The second-order valence-corrected chi connectivity index (χ2v) is 15.9. The smallest absolute Gasteiger partial charge is 0.0904 e. The van der Waals surface area contributed by atoms with E-state index in [0.29, 0.717) is 20.1 Å². The first-order valence-corrected chi connectivity index (χ1v) is 20.5. The molecule has 0 fully saturated rings. The Hall–Kier alpha value is -4.92. The van der Waals surface area contributed by atoms with Crippen molar-refractivity contribution in [3.8, 4) is 44.5 Å². The molecule has 4 nitrogen and oxygen atoms in total. The zero-order valence-electron chi connectivity index (χ0n) is 29.4. The van der Waals surface area contributed by atoms with Crippen LogP contribution >= 0.6 is 70.3 Å². The van der Waals surface area contributed by atoms with E-state index in [1.54, 1.807) is 12.1 Å². The number of halogens is 4. The standard InChI is InChI=1S/C46H30Cl4N4S2/c47-35-21-23-43(41(49)25-35)55-51-45-37(31-13-5-1-6-14-31)27-53(28-38(45)32-15-7-2-8-16-32)54-29-39(33-17-9-3-10-18-33)46(40(30-54)34-19-11-4-12-20-34)52-56-44-24-22-36(48)26-42(44)50/h1-30H. The van der Waals surface area contributed by atoms with Gasteiger partial charge in [0, 0.05) is 90.8 Å². The molecule has 56 heavy (non-hydrogen) atoms. The van der Waals surface area contributed by atoms with Gasteiger partial charge in [-0.1, -0.05) is 168 Å². The third-order valence-electron chi connectivity index (χ3n) is 8.93. The average Bonchev–Trinajstić information content (AvgIpc) is 3.24. The first-order valence-electron chi connectivity index (χ1n) is 17.5. The third kappa shape index (κ3) is 8.57. The third-order valence-corrected chi connectivity index (χ3v) is 11.9. The Bertz CT molecular complexity index is 2470.